The van der Waals surface area contributed by atoms with Gasteiger partial charge in [-0.2, -0.15) is 19.9 Å². The van der Waals surface area contributed by atoms with Crippen molar-refractivity contribution < 1.29 is 22.3 Å². The molecule has 69 heavy (non-hydrogen) atoms. The predicted octanol–water partition coefficient (Wildman–Crippen LogP) is 7.06. The molecule has 6 aromatic heterocycles. The minimum absolute atomic E-state index is 0.0703. The quantitative estimate of drug-likeness (QED) is 0.0874. The van der Waals surface area contributed by atoms with Crippen molar-refractivity contribution in [3.8, 4) is 11.4 Å². The zero-order valence-electron chi connectivity index (χ0n) is 36.4. The first-order valence-corrected chi connectivity index (χ1v) is 22.3. The number of H-pyrrole nitrogens is 2. The van der Waals surface area contributed by atoms with Gasteiger partial charge < -0.3 is 40.5 Å². The van der Waals surface area contributed by atoms with Crippen LogP contribution in [0.4, 0.5) is 41.1 Å². The standard InChI is InChI=1S/C23H21ClFN9.C23H19F3N8O/c24-14-4-5-17-18(10-14)30-19(29-17)12-27-21-20-22(32-23(31-21)33-8-6-26-7-9-33)34(13-28-20)16-3-1-2-15(25)11-16;24-13-2-1-3-14(10-13)34-12-28-20-21(31-23(32-22(20)34)33-6-8-35-9-7-33)27-11-17-29-16-5-4-15(25)18(26)19(16)30-17/h1-5,10-11,13,26H,6-9,12H2,(H,29,30)(H,27,31,32);1-5,10,12H,6-9,11H2,(H,29,30)(H,27,31,32). The van der Waals surface area contributed by atoms with Crippen LogP contribution in [0.1, 0.15) is 11.6 Å². The van der Waals surface area contributed by atoms with Crippen molar-refractivity contribution in [1.29, 1.82) is 0 Å². The number of hydrogen-bond acceptors (Lipinski definition) is 14. The molecule has 23 heteroatoms. The van der Waals surface area contributed by atoms with Crippen LogP contribution < -0.4 is 25.8 Å². The summed E-state index contributed by atoms with van der Waals surface area (Å²) in [4.78, 5) is 47.2. The molecule has 2 fully saturated rings. The Morgan fingerprint density at radius 2 is 1.17 bits per heavy atom. The van der Waals surface area contributed by atoms with Crippen LogP contribution in [0.3, 0.4) is 0 Å². The van der Waals surface area contributed by atoms with E-state index in [-0.39, 0.29) is 23.7 Å². The average Bonchev–Trinajstić information content (AvgIpc) is 4.19. The molecule has 0 amide bonds. The molecule has 0 spiro atoms. The van der Waals surface area contributed by atoms with Gasteiger partial charge in [-0.3, -0.25) is 9.13 Å². The lowest BCUT2D eigenvalue weighted by molar-refractivity contribution is 0.122. The molecule has 0 aliphatic carbocycles. The predicted molar refractivity (Wildman–Crippen MR) is 253 cm³/mol. The normalized spacial score (nSPS) is 14.2. The number of hydrogen-bond donors (Lipinski definition) is 5. The number of benzene rings is 4. The molecule has 18 nitrogen and oxygen atoms in total. The van der Waals surface area contributed by atoms with E-state index in [2.05, 4.69) is 55.7 Å². The van der Waals surface area contributed by atoms with Crippen LogP contribution in [-0.4, -0.2) is 111 Å². The zero-order valence-corrected chi connectivity index (χ0v) is 37.2. The molecule has 10 aromatic rings. The number of piperazine rings is 1. The number of nitrogens with zero attached hydrogens (tertiary/aromatic N) is 12. The third-order valence-electron chi connectivity index (χ3n) is 11.6. The summed E-state index contributed by atoms with van der Waals surface area (Å²) in [5.41, 5.74) is 5.41. The van der Waals surface area contributed by atoms with Crippen LogP contribution >= 0.6 is 11.6 Å². The van der Waals surface area contributed by atoms with Crippen LogP contribution in [0.5, 0.6) is 0 Å². The van der Waals surface area contributed by atoms with Gasteiger partial charge in [0.05, 0.1) is 54.2 Å². The molecule has 2 aliphatic rings. The van der Waals surface area contributed by atoms with Gasteiger partial charge >= 0.3 is 0 Å². The SMILES string of the molecule is Fc1cccc(-n2cnc3c(NCc4nc5c(F)c(F)ccc5[nH]4)nc(N4CCOCC4)nc32)c1.Fc1cccc(-n2cnc3c(NCc4nc5ccc(Cl)cc5[nH]4)nc(N4CCNCC4)nc32)c1. The van der Waals surface area contributed by atoms with E-state index in [1.807, 2.05) is 29.2 Å². The Balaban J connectivity index is 0.000000151. The van der Waals surface area contributed by atoms with E-state index in [1.54, 1.807) is 40.0 Å². The molecule has 4 aromatic carbocycles. The largest absolute Gasteiger partial charge is 0.378 e. The van der Waals surface area contributed by atoms with Gasteiger partial charge in [0.15, 0.2) is 45.6 Å². The summed E-state index contributed by atoms with van der Waals surface area (Å²) >= 11 is 6.10. The lowest BCUT2D eigenvalue weighted by Crippen LogP contribution is -2.44. The van der Waals surface area contributed by atoms with E-state index < -0.39 is 11.6 Å². The van der Waals surface area contributed by atoms with Gasteiger partial charge in [-0.1, -0.05) is 23.7 Å². The molecule has 0 atom stereocenters. The van der Waals surface area contributed by atoms with Gasteiger partial charge in [-0.05, 0) is 66.7 Å². The van der Waals surface area contributed by atoms with Gasteiger partial charge in [-0.15, -0.1) is 0 Å². The van der Waals surface area contributed by atoms with Crippen LogP contribution in [0.15, 0.2) is 91.5 Å². The van der Waals surface area contributed by atoms with E-state index in [0.717, 1.165) is 49.1 Å². The van der Waals surface area contributed by atoms with E-state index in [4.69, 9.17) is 31.3 Å². The maximum atomic E-state index is 14.1. The maximum absolute atomic E-state index is 14.1. The highest BCUT2D eigenvalue weighted by Gasteiger charge is 2.23. The lowest BCUT2D eigenvalue weighted by atomic mass is 10.3. The fraction of sp³-hybridized carbons (Fsp3) is 0.217. The van der Waals surface area contributed by atoms with Crippen molar-refractivity contribution in [3.63, 3.8) is 0 Å². The highest BCUT2D eigenvalue weighted by Crippen LogP contribution is 2.29. The van der Waals surface area contributed by atoms with Crippen LogP contribution in [0.2, 0.25) is 5.02 Å². The molecule has 0 unspecified atom stereocenters. The molecule has 2 aliphatic heterocycles. The highest BCUT2D eigenvalue weighted by molar-refractivity contribution is 6.31. The highest BCUT2D eigenvalue weighted by atomic mass is 35.5. The summed E-state index contributed by atoms with van der Waals surface area (Å²) in [6.45, 7) is 6.20. The molecule has 8 heterocycles. The number of aromatic nitrogens is 12. The Morgan fingerprint density at radius 3 is 1.78 bits per heavy atom. The van der Waals surface area contributed by atoms with E-state index in [1.165, 1.54) is 30.3 Å². The summed E-state index contributed by atoms with van der Waals surface area (Å²) in [5, 5.41) is 10.5. The number of nitrogens with one attached hydrogen (secondary N) is 5. The van der Waals surface area contributed by atoms with Gasteiger partial charge in [0.1, 0.15) is 41.5 Å². The Hall–Kier alpha value is -7.95. The van der Waals surface area contributed by atoms with Crippen molar-refractivity contribution in [1.82, 2.24) is 64.3 Å². The number of rotatable bonds is 10. The Labute approximate surface area is 393 Å². The van der Waals surface area contributed by atoms with Gasteiger partial charge in [0, 0.05) is 44.3 Å². The first-order chi connectivity index (χ1) is 33.7. The first-order valence-electron chi connectivity index (χ1n) is 22.0. The van der Waals surface area contributed by atoms with Gasteiger partial charge in [-0.25, -0.2) is 37.5 Å². The number of fused-ring (bicyclic) bond motifs is 4. The molecule has 0 radical (unpaired) electrons. The third-order valence-corrected chi connectivity index (χ3v) is 11.8. The minimum atomic E-state index is -1.00. The lowest BCUT2D eigenvalue weighted by Gasteiger charge is -2.27. The number of halogens is 5. The molecule has 5 N–H and O–H groups in total. The van der Waals surface area contributed by atoms with Crippen molar-refractivity contribution in [2.24, 2.45) is 0 Å². The smallest absolute Gasteiger partial charge is 0.229 e. The van der Waals surface area contributed by atoms with Gasteiger partial charge in [0.2, 0.25) is 11.9 Å². The van der Waals surface area contributed by atoms with Crippen LogP contribution in [-0.2, 0) is 17.8 Å². The number of aromatic amines is 2. The summed E-state index contributed by atoms with van der Waals surface area (Å²) < 4.78 is 64.4. The molecule has 12 rings (SSSR count). The van der Waals surface area contributed by atoms with Gasteiger partial charge in [0.25, 0.3) is 0 Å². The summed E-state index contributed by atoms with van der Waals surface area (Å²) in [6, 6.07) is 20.5. The number of morpholine rings is 1. The second kappa shape index (κ2) is 18.6. The first kappa shape index (κ1) is 43.6. The van der Waals surface area contributed by atoms with Crippen molar-refractivity contribution in [2.75, 3.05) is 72.9 Å². The Kier molecular flexibility index (Phi) is 11.8. The summed E-state index contributed by atoms with van der Waals surface area (Å²) in [7, 11) is 0. The van der Waals surface area contributed by atoms with Crippen LogP contribution in [0, 0.1) is 23.3 Å². The van der Waals surface area contributed by atoms with E-state index >= 15 is 0 Å². The fourth-order valence-electron chi connectivity index (χ4n) is 8.17. The minimum Gasteiger partial charge on any atom is -0.378 e. The third kappa shape index (κ3) is 8.99. The monoisotopic (exact) mass is 957 g/mol. The topological polar surface area (TPSA) is 196 Å². The van der Waals surface area contributed by atoms with E-state index in [9.17, 15) is 17.6 Å². The molecule has 350 valence electrons. The van der Waals surface area contributed by atoms with Crippen LogP contribution in [0.25, 0.3) is 55.8 Å². The molecular formula is C46H40ClF4N17O. The second-order valence-electron chi connectivity index (χ2n) is 16.1. The summed E-state index contributed by atoms with van der Waals surface area (Å²) in [5.74, 6) is 0.580. The Morgan fingerprint density at radius 1 is 0.594 bits per heavy atom. The van der Waals surface area contributed by atoms with Crippen molar-refractivity contribution >= 4 is 79.5 Å². The number of ether oxygens (including phenoxy) is 1. The number of anilines is 4. The van der Waals surface area contributed by atoms with E-state index in [0.29, 0.717) is 106 Å². The molecule has 0 bridgehead atoms. The van der Waals surface area contributed by atoms with Crippen molar-refractivity contribution in [3.05, 3.63) is 131 Å². The summed E-state index contributed by atoms with van der Waals surface area (Å²) in [6.07, 6.45) is 3.20. The molecule has 0 saturated carbocycles. The molecular weight excluding hydrogens is 918 g/mol. The zero-order chi connectivity index (χ0) is 47.0. The fourth-order valence-corrected chi connectivity index (χ4v) is 8.34. The maximum Gasteiger partial charge on any atom is 0.229 e. The average molecular weight is 958 g/mol. The molecule has 2 saturated heterocycles. The Bertz CT molecular complexity index is 3490. The van der Waals surface area contributed by atoms with Crippen molar-refractivity contribution in [2.45, 2.75) is 13.1 Å². The number of imidazole rings is 4. The second-order valence-corrected chi connectivity index (χ2v) is 16.5.